The standard InChI is InChI=1S/C38H46F3N7O3/c1-7-50-34(49)29-21-37(22-43-29)11-14-47(15-12-37)31-20-32(45-35(42)44-31)51-33(38(39,40)41)28-9-8-25(19-30(28)48-13-10-24(3)46-48)26-16-23(2)17-27(18-26)36(4,5)6/h8-10,13,16-20,29,33,43H,7,11-12,14-15,21-22H2,1-6H3,(H2,42,44,45)/t29?,33-/m1/s1. The van der Waals surface area contributed by atoms with E-state index in [0.717, 1.165) is 35.1 Å². The number of nitrogen functional groups attached to an aromatic ring is 1. The van der Waals surface area contributed by atoms with Crippen LogP contribution in [-0.2, 0) is 14.9 Å². The molecule has 3 N–H and O–H groups in total. The normalized spacial score (nSPS) is 18.2. The third-order valence-electron chi connectivity index (χ3n) is 9.88. The summed E-state index contributed by atoms with van der Waals surface area (Å²) >= 11 is 0. The van der Waals surface area contributed by atoms with Gasteiger partial charge in [0.25, 0.3) is 0 Å². The van der Waals surface area contributed by atoms with Gasteiger partial charge in [-0.3, -0.25) is 4.79 Å². The van der Waals surface area contributed by atoms with E-state index >= 15 is 13.2 Å². The molecule has 0 amide bonds. The van der Waals surface area contributed by atoms with Gasteiger partial charge in [0.05, 0.1) is 18.0 Å². The molecule has 1 spiro atoms. The van der Waals surface area contributed by atoms with Crippen LogP contribution in [0.5, 0.6) is 5.88 Å². The lowest BCUT2D eigenvalue weighted by atomic mass is 9.76. The van der Waals surface area contributed by atoms with E-state index < -0.39 is 12.3 Å². The van der Waals surface area contributed by atoms with Crippen molar-refractivity contribution >= 4 is 17.7 Å². The fourth-order valence-electron chi connectivity index (χ4n) is 7.07. The highest BCUT2D eigenvalue weighted by atomic mass is 19.4. The van der Waals surface area contributed by atoms with E-state index in [1.165, 1.54) is 16.8 Å². The van der Waals surface area contributed by atoms with Gasteiger partial charge in [0.1, 0.15) is 11.9 Å². The number of nitrogens with zero attached hydrogens (tertiary/aromatic N) is 5. The number of anilines is 2. The second-order valence-electron chi connectivity index (χ2n) is 14.9. The molecule has 2 saturated heterocycles. The largest absolute Gasteiger partial charge is 0.465 e. The lowest BCUT2D eigenvalue weighted by Crippen LogP contribution is -2.41. The molecule has 6 rings (SSSR count). The molecular formula is C38H46F3N7O3. The maximum Gasteiger partial charge on any atom is 0.429 e. The van der Waals surface area contributed by atoms with E-state index in [1.807, 2.05) is 17.9 Å². The molecule has 1 unspecified atom stereocenters. The Morgan fingerprint density at radius 3 is 2.43 bits per heavy atom. The van der Waals surface area contributed by atoms with E-state index in [-0.39, 0.29) is 45.9 Å². The zero-order valence-corrected chi connectivity index (χ0v) is 30.0. The van der Waals surface area contributed by atoms with Crippen molar-refractivity contribution in [2.75, 3.05) is 36.9 Å². The lowest BCUT2D eigenvalue weighted by Gasteiger charge is -2.39. The van der Waals surface area contributed by atoms with E-state index in [0.29, 0.717) is 44.2 Å². The van der Waals surface area contributed by atoms with Crippen molar-refractivity contribution in [2.24, 2.45) is 5.41 Å². The molecule has 4 heterocycles. The quantitative estimate of drug-likeness (QED) is 0.186. The number of nitrogens with one attached hydrogen (secondary N) is 1. The van der Waals surface area contributed by atoms with Crippen LogP contribution in [0.15, 0.2) is 54.7 Å². The second kappa shape index (κ2) is 13.8. The number of carbonyl (C=O) groups is 1. The molecule has 2 aromatic carbocycles. The number of nitrogens with two attached hydrogens (primary N) is 1. The number of esters is 1. The number of aromatic nitrogens is 4. The van der Waals surface area contributed by atoms with Gasteiger partial charge in [0.15, 0.2) is 0 Å². The Morgan fingerprint density at radius 2 is 1.78 bits per heavy atom. The molecule has 51 heavy (non-hydrogen) atoms. The fraction of sp³-hybridized carbons (Fsp3) is 0.474. The van der Waals surface area contributed by atoms with E-state index in [2.05, 4.69) is 53.3 Å². The van der Waals surface area contributed by atoms with Gasteiger partial charge < -0.3 is 25.4 Å². The Morgan fingerprint density at radius 1 is 1.04 bits per heavy atom. The second-order valence-corrected chi connectivity index (χ2v) is 14.9. The number of ether oxygens (including phenoxy) is 2. The summed E-state index contributed by atoms with van der Waals surface area (Å²) in [6.07, 6.45) is -3.36. The summed E-state index contributed by atoms with van der Waals surface area (Å²) in [5, 5.41) is 7.77. The van der Waals surface area contributed by atoms with Crippen LogP contribution in [-0.4, -0.2) is 64.2 Å². The lowest BCUT2D eigenvalue weighted by molar-refractivity contribution is -0.198. The van der Waals surface area contributed by atoms with Crippen LogP contribution in [0.4, 0.5) is 24.9 Å². The van der Waals surface area contributed by atoms with Gasteiger partial charge in [-0.2, -0.15) is 28.2 Å². The van der Waals surface area contributed by atoms with Crippen molar-refractivity contribution in [2.45, 2.75) is 84.5 Å². The number of benzene rings is 2. The summed E-state index contributed by atoms with van der Waals surface area (Å²) in [4.78, 5) is 22.7. The Labute approximate surface area is 296 Å². The minimum Gasteiger partial charge on any atom is -0.465 e. The van der Waals surface area contributed by atoms with Crippen molar-refractivity contribution in [3.63, 3.8) is 0 Å². The van der Waals surface area contributed by atoms with Crippen molar-refractivity contribution in [1.29, 1.82) is 0 Å². The number of carbonyl (C=O) groups excluding carboxylic acids is 1. The number of hydrogen-bond donors (Lipinski definition) is 2. The summed E-state index contributed by atoms with van der Waals surface area (Å²) in [5.41, 5.74) is 10.4. The molecule has 0 saturated carbocycles. The third-order valence-corrected chi connectivity index (χ3v) is 9.88. The first-order chi connectivity index (χ1) is 24.0. The molecular weight excluding hydrogens is 659 g/mol. The average Bonchev–Trinajstić information content (AvgIpc) is 3.69. The highest BCUT2D eigenvalue weighted by molar-refractivity contribution is 5.76. The van der Waals surface area contributed by atoms with E-state index in [1.54, 1.807) is 38.2 Å². The predicted octanol–water partition coefficient (Wildman–Crippen LogP) is 7.02. The summed E-state index contributed by atoms with van der Waals surface area (Å²) in [6.45, 7) is 14.1. The summed E-state index contributed by atoms with van der Waals surface area (Å²) < 4.78 is 57.5. The molecule has 2 fully saturated rings. The van der Waals surface area contributed by atoms with Crippen molar-refractivity contribution < 1.29 is 27.4 Å². The average molecular weight is 706 g/mol. The van der Waals surface area contributed by atoms with Crippen LogP contribution in [0.3, 0.4) is 0 Å². The molecule has 272 valence electrons. The monoisotopic (exact) mass is 705 g/mol. The minimum atomic E-state index is -4.82. The number of aryl methyl sites for hydroxylation is 2. The smallest absolute Gasteiger partial charge is 0.429 e. The van der Waals surface area contributed by atoms with Gasteiger partial charge >= 0.3 is 12.1 Å². The Kier molecular flexibility index (Phi) is 9.79. The van der Waals surface area contributed by atoms with Gasteiger partial charge in [0.2, 0.25) is 17.9 Å². The zero-order chi connectivity index (χ0) is 36.7. The van der Waals surface area contributed by atoms with Gasteiger partial charge in [-0.05, 0) is 79.7 Å². The summed E-state index contributed by atoms with van der Waals surface area (Å²) in [7, 11) is 0. The first-order valence-electron chi connectivity index (χ1n) is 17.4. The highest BCUT2D eigenvalue weighted by Crippen LogP contribution is 2.43. The molecule has 13 heteroatoms. The molecule has 2 aliphatic rings. The van der Waals surface area contributed by atoms with Crippen molar-refractivity contribution in [1.82, 2.24) is 25.1 Å². The minimum absolute atomic E-state index is 0.0760. The molecule has 4 aromatic rings. The van der Waals surface area contributed by atoms with Crippen LogP contribution < -0.4 is 20.7 Å². The van der Waals surface area contributed by atoms with Gasteiger partial charge in [-0.25, -0.2) is 4.68 Å². The molecule has 0 bridgehead atoms. The van der Waals surface area contributed by atoms with Gasteiger partial charge in [-0.15, -0.1) is 0 Å². The van der Waals surface area contributed by atoms with Gasteiger partial charge in [-0.1, -0.05) is 56.7 Å². The number of alkyl halides is 3. The molecule has 10 nitrogen and oxygen atoms in total. The maximum absolute atomic E-state index is 15.0. The zero-order valence-electron chi connectivity index (χ0n) is 30.0. The Bertz CT molecular complexity index is 1890. The van der Waals surface area contributed by atoms with Gasteiger partial charge in [0, 0.05) is 37.5 Å². The third kappa shape index (κ3) is 7.98. The number of hydrogen-bond acceptors (Lipinski definition) is 9. The van der Waals surface area contributed by atoms with Crippen LogP contribution in [0.25, 0.3) is 16.8 Å². The topological polar surface area (TPSA) is 120 Å². The fourth-order valence-corrected chi connectivity index (χ4v) is 7.07. The predicted molar refractivity (Wildman–Crippen MR) is 190 cm³/mol. The van der Waals surface area contributed by atoms with Crippen molar-refractivity contribution in [3.8, 4) is 22.7 Å². The molecule has 0 radical (unpaired) electrons. The summed E-state index contributed by atoms with van der Waals surface area (Å²) in [6, 6.07) is 13.9. The van der Waals surface area contributed by atoms with Crippen LogP contribution in [0.2, 0.25) is 0 Å². The summed E-state index contributed by atoms with van der Waals surface area (Å²) in [5.74, 6) is -0.341. The molecule has 2 aromatic heterocycles. The number of piperidine rings is 1. The Balaban J connectivity index is 1.30. The molecule has 0 aliphatic carbocycles. The SMILES string of the molecule is CCOC(=O)C1CC2(CCN(c3cc(O[C@H](c4ccc(-c5cc(C)cc(C(C)(C)C)c5)cc4-n4ccc(C)n4)C(F)(F)F)nc(N)n3)CC2)CN1. The highest BCUT2D eigenvalue weighted by Gasteiger charge is 2.46. The van der Waals surface area contributed by atoms with Crippen LogP contribution >= 0.6 is 0 Å². The van der Waals surface area contributed by atoms with E-state index in [9.17, 15) is 4.79 Å². The maximum atomic E-state index is 15.0. The molecule has 2 aliphatic heterocycles. The Hall–Kier alpha value is -4.65. The molecule has 2 atom stereocenters. The first kappa shape index (κ1) is 36.2. The van der Waals surface area contributed by atoms with Crippen LogP contribution in [0.1, 0.15) is 75.4 Å². The first-order valence-corrected chi connectivity index (χ1v) is 17.4. The van der Waals surface area contributed by atoms with Crippen LogP contribution in [0, 0.1) is 19.3 Å². The number of halogens is 3. The van der Waals surface area contributed by atoms with E-state index in [4.69, 9.17) is 15.2 Å². The van der Waals surface area contributed by atoms with Crippen molar-refractivity contribution in [3.05, 3.63) is 77.1 Å². The number of rotatable bonds is 8.